The molecule has 100 valence electrons. The minimum atomic E-state index is -0.366. The van der Waals surface area contributed by atoms with E-state index in [4.69, 9.17) is 9.57 Å². The number of nitrogens with zero attached hydrogens (tertiary/aromatic N) is 2. The van der Waals surface area contributed by atoms with Crippen LogP contribution in [0.3, 0.4) is 0 Å². The highest BCUT2D eigenvalue weighted by molar-refractivity contribution is 5.96. The molecule has 1 N–H and O–H groups in total. The summed E-state index contributed by atoms with van der Waals surface area (Å²) >= 11 is 0. The van der Waals surface area contributed by atoms with E-state index < -0.39 is 0 Å². The minimum Gasteiger partial charge on any atom is -0.350 e. The first kappa shape index (κ1) is 12.1. The van der Waals surface area contributed by atoms with Crippen LogP contribution in [0.4, 0.5) is 0 Å². The molecule has 1 aromatic heterocycles. The Labute approximate surface area is 108 Å². The maximum Gasteiger partial charge on any atom is 0.275 e. The predicted octanol–water partition coefficient (Wildman–Crippen LogP) is 1.41. The lowest BCUT2D eigenvalue weighted by Gasteiger charge is -2.22. The molecule has 2 aromatic rings. The fourth-order valence-electron chi connectivity index (χ4n) is 1.91. The van der Waals surface area contributed by atoms with Crippen molar-refractivity contribution in [3.05, 3.63) is 23.8 Å². The normalized spacial score (nSPS) is 19.5. The number of hydrogen-bond acceptors (Lipinski definition) is 6. The number of carbonyl (C=O) groups excluding carboxylic acids is 1. The Hall–Kier alpha value is -1.99. The molecule has 7 nitrogen and oxygen atoms in total. The number of hydroxylamine groups is 1. The van der Waals surface area contributed by atoms with Gasteiger partial charge in [-0.15, -0.1) is 0 Å². The van der Waals surface area contributed by atoms with Gasteiger partial charge in [0, 0.05) is 18.6 Å². The number of aromatic nitrogens is 2. The molecule has 0 aliphatic carbocycles. The van der Waals surface area contributed by atoms with Crippen LogP contribution in [0.5, 0.6) is 0 Å². The predicted molar refractivity (Wildman–Crippen MR) is 63.9 cm³/mol. The molecule has 19 heavy (non-hydrogen) atoms. The Kier molecular flexibility index (Phi) is 3.39. The van der Waals surface area contributed by atoms with E-state index in [-0.39, 0.29) is 12.2 Å². The topological polar surface area (TPSA) is 86.5 Å². The lowest BCUT2D eigenvalue weighted by atomic mass is 10.2. The largest absolute Gasteiger partial charge is 0.350 e. The quantitative estimate of drug-likeness (QED) is 0.842. The fraction of sp³-hybridized carbons (Fsp3) is 0.417. The highest BCUT2D eigenvalue weighted by Crippen LogP contribution is 2.14. The minimum absolute atomic E-state index is 0.348. The number of nitrogens with one attached hydrogen (secondary N) is 1. The summed E-state index contributed by atoms with van der Waals surface area (Å²) in [5.41, 5.74) is 3.95. The first-order valence-electron chi connectivity index (χ1n) is 6.13. The number of carbonyl (C=O) groups is 1. The van der Waals surface area contributed by atoms with E-state index in [9.17, 15) is 4.79 Å². The van der Waals surface area contributed by atoms with Crippen LogP contribution in [0.1, 0.15) is 29.6 Å². The van der Waals surface area contributed by atoms with Crippen molar-refractivity contribution in [1.82, 2.24) is 15.8 Å². The summed E-state index contributed by atoms with van der Waals surface area (Å²) in [5, 5.41) is 7.35. The van der Waals surface area contributed by atoms with E-state index in [1.54, 1.807) is 18.2 Å². The Balaban J connectivity index is 1.62. The zero-order valence-electron chi connectivity index (χ0n) is 10.2. The Morgan fingerprint density at radius 2 is 2.21 bits per heavy atom. The van der Waals surface area contributed by atoms with Gasteiger partial charge in [0.15, 0.2) is 6.29 Å². The Morgan fingerprint density at radius 3 is 3.05 bits per heavy atom. The molecule has 1 saturated heterocycles. The van der Waals surface area contributed by atoms with Crippen molar-refractivity contribution in [2.75, 3.05) is 6.61 Å². The molecule has 3 rings (SSSR count). The van der Waals surface area contributed by atoms with Crippen molar-refractivity contribution in [3.63, 3.8) is 0 Å². The summed E-state index contributed by atoms with van der Waals surface area (Å²) in [4.78, 5) is 17.1. The molecule has 0 saturated carbocycles. The third kappa shape index (κ3) is 2.72. The van der Waals surface area contributed by atoms with Crippen molar-refractivity contribution in [3.8, 4) is 0 Å². The first-order valence-corrected chi connectivity index (χ1v) is 6.13. The second-order valence-electron chi connectivity index (χ2n) is 4.31. The average molecular weight is 263 g/mol. The number of amides is 1. The monoisotopic (exact) mass is 263 g/mol. The zero-order chi connectivity index (χ0) is 13.1. The molecule has 2 heterocycles. The lowest BCUT2D eigenvalue weighted by Crippen LogP contribution is -2.33. The standard InChI is InChI=1S/C12H13N3O4/c16-12(15-18-11-3-1-2-6-17-11)8-4-5-9-10(7-8)14-19-13-9/h4-5,7,11H,1-3,6H2,(H,15,16). The second-order valence-corrected chi connectivity index (χ2v) is 4.31. The highest BCUT2D eigenvalue weighted by atomic mass is 16.8. The smallest absolute Gasteiger partial charge is 0.275 e. The van der Waals surface area contributed by atoms with Gasteiger partial charge in [0.25, 0.3) is 5.91 Å². The van der Waals surface area contributed by atoms with Crippen LogP contribution in [-0.4, -0.2) is 29.1 Å². The van der Waals surface area contributed by atoms with Crippen LogP contribution in [0, 0.1) is 0 Å². The molecular formula is C12H13N3O4. The van der Waals surface area contributed by atoms with Gasteiger partial charge in [-0.05, 0) is 41.4 Å². The van der Waals surface area contributed by atoms with Crippen molar-refractivity contribution in [1.29, 1.82) is 0 Å². The molecule has 1 fully saturated rings. The van der Waals surface area contributed by atoms with E-state index in [0.29, 0.717) is 23.2 Å². The van der Waals surface area contributed by atoms with E-state index in [1.165, 1.54) is 0 Å². The summed E-state index contributed by atoms with van der Waals surface area (Å²) in [7, 11) is 0. The molecule has 1 atom stereocenters. The summed E-state index contributed by atoms with van der Waals surface area (Å²) < 4.78 is 9.92. The number of fused-ring (bicyclic) bond motifs is 1. The van der Waals surface area contributed by atoms with Gasteiger partial charge in [-0.25, -0.2) is 14.9 Å². The molecule has 0 spiro atoms. The molecule has 1 aliphatic rings. The highest BCUT2D eigenvalue weighted by Gasteiger charge is 2.16. The SMILES string of the molecule is O=C(NOC1CCCCO1)c1ccc2nonc2c1. The number of hydrogen-bond donors (Lipinski definition) is 1. The van der Waals surface area contributed by atoms with Gasteiger partial charge in [0.1, 0.15) is 11.0 Å². The van der Waals surface area contributed by atoms with Gasteiger partial charge >= 0.3 is 0 Å². The average Bonchev–Trinajstić information content (AvgIpc) is 2.93. The molecule has 1 amide bonds. The van der Waals surface area contributed by atoms with Gasteiger partial charge in [0.05, 0.1) is 0 Å². The maximum atomic E-state index is 11.9. The van der Waals surface area contributed by atoms with Crippen molar-refractivity contribution in [2.24, 2.45) is 0 Å². The van der Waals surface area contributed by atoms with Gasteiger partial charge in [-0.3, -0.25) is 4.79 Å². The van der Waals surface area contributed by atoms with Crippen LogP contribution < -0.4 is 5.48 Å². The third-order valence-corrected chi connectivity index (χ3v) is 2.94. The van der Waals surface area contributed by atoms with Crippen molar-refractivity contribution < 1.29 is 19.0 Å². The molecular weight excluding hydrogens is 250 g/mol. The molecule has 7 heteroatoms. The summed E-state index contributed by atoms with van der Waals surface area (Å²) in [6.45, 7) is 0.664. The Morgan fingerprint density at radius 1 is 1.32 bits per heavy atom. The van der Waals surface area contributed by atoms with E-state index in [2.05, 4.69) is 20.4 Å². The summed E-state index contributed by atoms with van der Waals surface area (Å²) in [6.07, 6.45) is 2.49. The number of rotatable bonds is 3. The Bertz CT molecular complexity index is 577. The van der Waals surface area contributed by atoms with Gasteiger partial charge in [0.2, 0.25) is 0 Å². The molecule has 0 radical (unpaired) electrons. The van der Waals surface area contributed by atoms with Crippen LogP contribution in [0.25, 0.3) is 11.0 Å². The molecule has 1 aromatic carbocycles. The van der Waals surface area contributed by atoms with Crippen molar-refractivity contribution >= 4 is 16.9 Å². The molecule has 1 unspecified atom stereocenters. The van der Waals surface area contributed by atoms with Crippen LogP contribution >= 0.6 is 0 Å². The van der Waals surface area contributed by atoms with Crippen LogP contribution in [0.15, 0.2) is 22.8 Å². The van der Waals surface area contributed by atoms with Crippen LogP contribution in [0.2, 0.25) is 0 Å². The second kappa shape index (κ2) is 5.33. The summed E-state index contributed by atoms with van der Waals surface area (Å²) in [6, 6.07) is 4.89. The first-order chi connectivity index (χ1) is 9.33. The van der Waals surface area contributed by atoms with Crippen LogP contribution in [-0.2, 0) is 9.57 Å². The fourth-order valence-corrected chi connectivity index (χ4v) is 1.91. The third-order valence-electron chi connectivity index (χ3n) is 2.94. The lowest BCUT2D eigenvalue weighted by molar-refractivity contribution is -0.186. The van der Waals surface area contributed by atoms with Gasteiger partial charge in [-0.1, -0.05) is 0 Å². The van der Waals surface area contributed by atoms with Gasteiger partial charge < -0.3 is 4.74 Å². The number of ether oxygens (including phenoxy) is 1. The summed E-state index contributed by atoms with van der Waals surface area (Å²) in [5.74, 6) is -0.348. The number of benzene rings is 1. The molecule has 1 aliphatic heterocycles. The molecule has 0 bridgehead atoms. The van der Waals surface area contributed by atoms with E-state index in [0.717, 1.165) is 19.3 Å². The van der Waals surface area contributed by atoms with Gasteiger partial charge in [-0.2, -0.15) is 0 Å². The van der Waals surface area contributed by atoms with E-state index in [1.807, 2.05) is 0 Å². The van der Waals surface area contributed by atoms with Crippen molar-refractivity contribution in [2.45, 2.75) is 25.6 Å². The zero-order valence-corrected chi connectivity index (χ0v) is 10.2. The van der Waals surface area contributed by atoms with E-state index >= 15 is 0 Å². The maximum absolute atomic E-state index is 11.9.